The Morgan fingerprint density at radius 2 is 2.30 bits per heavy atom. The lowest BCUT2D eigenvalue weighted by Crippen LogP contribution is -2.28. The van der Waals surface area contributed by atoms with Gasteiger partial charge in [-0.05, 0) is 24.4 Å². The van der Waals surface area contributed by atoms with Crippen LogP contribution in [0.3, 0.4) is 0 Å². The molecule has 4 heteroatoms. The lowest BCUT2D eigenvalue weighted by Gasteiger charge is -2.23. The fourth-order valence-electron chi connectivity index (χ4n) is 0.963. The van der Waals surface area contributed by atoms with E-state index in [-0.39, 0.29) is 11.2 Å². The van der Waals surface area contributed by atoms with Gasteiger partial charge in [-0.2, -0.15) is 0 Å². The van der Waals surface area contributed by atoms with Crippen molar-refractivity contribution in [1.29, 1.82) is 0 Å². The summed E-state index contributed by atoms with van der Waals surface area (Å²) in [5, 5.41) is -0.389. The average Bonchev–Trinajstić information content (AvgIpc) is 1.88. The first-order valence-electron chi connectivity index (χ1n) is 3.17. The summed E-state index contributed by atoms with van der Waals surface area (Å²) in [5.41, 5.74) is -0.515. The molecule has 0 radical (unpaired) electrons. The maximum absolute atomic E-state index is 10.6. The van der Waals surface area contributed by atoms with Crippen molar-refractivity contribution < 1.29 is 9.53 Å². The van der Waals surface area contributed by atoms with Gasteiger partial charge in [0.1, 0.15) is 5.56 Å². The number of halogens is 2. The molecule has 0 aromatic carbocycles. The number of carbonyl (C=O) groups excluding carboxylic acids is 1. The summed E-state index contributed by atoms with van der Waals surface area (Å²) >= 11 is 10.9. The second kappa shape index (κ2) is 3.56. The van der Waals surface area contributed by atoms with Crippen molar-refractivity contribution >= 4 is 28.4 Å². The van der Waals surface area contributed by atoms with Gasteiger partial charge >= 0.3 is 0 Å². The Labute approximate surface area is 69.4 Å². The molecule has 0 aliphatic carbocycles. The first-order valence-corrected chi connectivity index (χ1v) is 3.98. The van der Waals surface area contributed by atoms with Crippen molar-refractivity contribution in [2.45, 2.75) is 18.4 Å². The Morgan fingerprint density at radius 3 is 2.70 bits per heavy atom. The van der Waals surface area contributed by atoms with Gasteiger partial charge in [0.25, 0.3) is 0 Å². The number of hydrogen-bond donors (Lipinski definition) is 0. The van der Waals surface area contributed by atoms with Gasteiger partial charge in [0.2, 0.25) is 5.24 Å². The highest BCUT2D eigenvalue weighted by Gasteiger charge is 2.28. The van der Waals surface area contributed by atoms with Gasteiger partial charge in [-0.1, -0.05) is 11.6 Å². The molecule has 58 valence electrons. The summed E-state index contributed by atoms with van der Waals surface area (Å²) in [6.45, 7) is 0.634. The van der Waals surface area contributed by atoms with Crippen molar-refractivity contribution in [3.8, 4) is 0 Å². The van der Waals surface area contributed by atoms with Crippen LogP contribution >= 0.6 is 23.2 Å². The minimum atomic E-state index is -0.515. The molecule has 1 fully saturated rings. The van der Waals surface area contributed by atoms with Gasteiger partial charge in [-0.15, -0.1) is 0 Å². The third kappa shape index (κ3) is 1.84. The minimum absolute atomic E-state index is 0.308. The van der Waals surface area contributed by atoms with Crippen LogP contribution in [0.5, 0.6) is 0 Å². The van der Waals surface area contributed by atoms with Crippen molar-refractivity contribution in [3.05, 3.63) is 0 Å². The summed E-state index contributed by atoms with van der Waals surface area (Å²) in [7, 11) is 0. The molecule has 1 heterocycles. The zero-order chi connectivity index (χ0) is 7.56. The Bertz CT molecular complexity index is 138. The van der Waals surface area contributed by atoms with E-state index >= 15 is 0 Å². The zero-order valence-electron chi connectivity index (χ0n) is 5.35. The van der Waals surface area contributed by atoms with Crippen LogP contribution < -0.4 is 0 Å². The van der Waals surface area contributed by atoms with Crippen LogP contribution in [-0.4, -0.2) is 17.4 Å². The van der Waals surface area contributed by atoms with E-state index in [2.05, 4.69) is 0 Å². The molecule has 1 aliphatic rings. The maximum atomic E-state index is 10.6. The zero-order valence-corrected chi connectivity index (χ0v) is 6.86. The summed E-state index contributed by atoms with van der Waals surface area (Å²) in [5.74, 6) is -0.308. The fraction of sp³-hybridized carbons (Fsp3) is 0.833. The first kappa shape index (κ1) is 8.31. The highest BCUT2D eigenvalue weighted by atomic mass is 35.5. The lowest BCUT2D eigenvalue weighted by molar-refractivity contribution is -0.120. The highest BCUT2D eigenvalue weighted by molar-refractivity contribution is 6.64. The van der Waals surface area contributed by atoms with Crippen LogP contribution in [-0.2, 0) is 9.53 Å². The molecule has 0 aromatic rings. The van der Waals surface area contributed by atoms with Crippen molar-refractivity contribution in [2.75, 3.05) is 6.61 Å². The Morgan fingerprint density at radius 1 is 1.60 bits per heavy atom. The van der Waals surface area contributed by atoms with Crippen LogP contribution in [0.25, 0.3) is 0 Å². The number of ether oxygens (including phenoxy) is 1. The monoisotopic (exact) mass is 182 g/mol. The maximum Gasteiger partial charge on any atom is 0.228 e. The Kier molecular flexibility index (Phi) is 2.96. The fourth-order valence-corrected chi connectivity index (χ4v) is 1.58. The smallest absolute Gasteiger partial charge is 0.228 e. The van der Waals surface area contributed by atoms with E-state index in [4.69, 9.17) is 27.9 Å². The van der Waals surface area contributed by atoms with E-state index in [1.165, 1.54) is 0 Å². The summed E-state index contributed by atoms with van der Waals surface area (Å²) in [6, 6.07) is 0. The van der Waals surface area contributed by atoms with E-state index in [1.54, 1.807) is 0 Å². The third-order valence-corrected chi connectivity index (χ3v) is 2.25. The molecule has 0 bridgehead atoms. The number of carbonyl (C=O) groups is 1. The third-order valence-electron chi connectivity index (χ3n) is 1.54. The number of rotatable bonds is 1. The second-order valence-corrected chi connectivity index (χ2v) is 3.08. The van der Waals surface area contributed by atoms with Crippen LogP contribution in [0, 0.1) is 5.92 Å². The first-order chi connectivity index (χ1) is 4.72. The van der Waals surface area contributed by atoms with Crippen molar-refractivity contribution in [1.82, 2.24) is 0 Å². The molecular weight excluding hydrogens is 175 g/mol. The average molecular weight is 183 g/mol. The van der Waals surface area contributed by atoms with Crippen LogP contribution in [0.15, 0.2) is 0 Å². The van der Waals surface area contributed by atoms with Crippen LogP contribution in [0.1, 0.15) is 12.8 Å². The topological polar surface area (TPSA) is 26.3 Å². The normalized spacial score (nSPS) is 33.8. The molecule has 1 aliphatic heterocycles. The van der Waals surface area contributed by atoms with E-state index in [0.717, 1.165) is 12.8 Å². The predicted octanol–water partition coefficient (Wildman–Crippen LogP) is 1.74. The summed E-state index contributed by atoms with van der Waals surface area (Å²) < 4.78 is 5.01. The van der Waals surface area contributed by atoms with Crippen LogP contribution in [0.2, 0.25) is 0 Å². The standard InChI is InChI=1S/C6H8Cl2O2/c7-5(9)4-2-1-3-10-6(4)8/h4,6H,1-3H2. The molecule has 1 rings (SSSR count). The molecule has 0 aromatic heterocycles. The summed E-state index contributed by atoms with van der Waals surface area (Å²) in [4.78, 5) is 10.6. The van der Waals surface area contributed by atoms with Crippen molar-refractivity contribution in [2.24, 2.45) is 5.92 Å². The molecular formula is C6H8Cl2O2. The molecule has 0 N–H and O–H groups in total. The quantitative estimate of drug-likeness (QED) is 0.457. The molecule has 2 atom stereocenters. The molecule has 1 saturated heterocycles. The largest absolute Gasteiger partial charge is 0.362 e. The Balaban J connectivity index is 2.47. The van der Waals surface area contributed by atoms with E-state index in [1.807, 2.05) is 0 Å². The van der Waals surface area contributed by atoms with Gasteiger partial charge in [0.15, 0.2) is 0 Å². The Hall–Kier alpha value is 0.210. The van der Waals surface area contributed by atoms with E-state index in [0.29, 0.717) is 6.61 Å². The second-order valence-electron chi connectivity index (χ2n) is 2.27. The molecule has 10 heavy (non-hydrogen) atoms. The van der Waals surface area contributed by atoms with E-state index < -0.39 is 5.56 Å². The van der Waals surface area contributed by atoms with Crippen molar-refractivity contribution in [3.63, 3.8) is 0 Å². The molecule has 0 spiro atoms. The molecule has 0 amide bonds. The van der Waals surface area contributed by atoms with Gasteiger partial charge in [0.05, 0.1) is 5.92 Å². The minimum Gasteiger partial charge on any atom is -0.362 e. The lowest BCUT2D eigenvalue weighted by atomic mass is 10.0. The molecule has 2 unspecified atom stereocenters. The SMILES string of the molecule is O=C(Cl)C1CCCOC1Cl. The summed E-state index contributed by atoms with van der Waals surface area (Å²) in [6.07, 6.45) is 1.61. The molecule has 2 nitrogen and oxygen atoms in total. The predicted molar refractivity (Wildman–Crippen MR) is 39.2 cm³/mol. The highest BCUT2D eigenvalue weighted by Crippen LogP contribution is 2.25. The van der Waals surface area contributed by atoms with Gasteiger partial charge in [-0.3, -0.25) is 4.79 Å². The van der Waals surface area contributed by atoms with Gasteiger partial charge < -0.3 is 4.74 Å². The van der Waals surface area contributed by atoms with Crippen LogP contribution in [0.4, 0.5) is 0 Å². The van der Waals surface area contributed by atoms with Gasteiger partial charge in [0, 0.05) is 6.61 Å². The number of alkyl halides is 1. The molecule has 0 saturated carbocycles. The van der Waals surface area contributed by atoms with E-state index in [9.17, 15) is 4.79 Å². The van der Waals surface area contributed by atoms with Gasteiger partial charge in [-0.25, -0.2) is 0 Å². The number of hydrogen-bond acceptors (Lipinski definition) is 2.